The van der Waals surface area contributed by atoms with Gasteiger partial charge in [-0.2, -0.15) is 13.2 Å². The summed E-state index contributed by atoms with van der Waals surface area (Å²) in [6.45, 7) is 1.57. The van der Waals surface area contributed by atoms with Crippen LogP contribution in [-0.2, 0) is 17.4 Å². The van der Waals surface area contributed by atoms with E-state index in [9.17, 15) is 18.0 Å². The molecule has 2 aromatic carbocycles. The van der Waals surface area contributed by atoms with E-state index in [2.05, 4.69) is 10.3 Å². The van der Waals surface area contributed by atoms with Gasteiger partial charge in [0.2, 0.25) is 5.91 Å². The van der Waals surface area contributed by atoms with E-state index in [-0.39, 0.29) is 24.7 Å². The van der Waals surface area contributed by atoms with Crippen molar-refractivity contribution < 1.29 is 27.1 Å². The molecule has 158 valence electrons. The standard InChI is InChI=1S/C22H21F3N2O3/c1-15(14-29-18-10-6-5-9-17(18)22(23,24)25)27-20(28)11-12-21-26-13-19(30-21)16-7-3-2-4-8-16/h2-10,13,15H,11-12,14H2,1H3,(H,27,28). The van der Waals surface area contributed by atoms with Gasteiger partial charge in [-0.1, -0.05) is 42.5 Å². The Balaban J connectivity index is 1.46. The van der Waals surface area contributed by atoms with E-state index in [1.165, 1.54) is 18.2 Å². The fourth-order valence-electron chi connectivity index (χ4n) is 2.81. The molecule has 0 aliphatic rings. The highest BCUT2D eigenvalue weighted by atomic mass is 19.4. The van der Waals surface area contributed by atoms with Crippen LogP contribution in [0.3, 0.4) is 0 Å². The van der Waals surface area contributed by atoms with Crippen molar-refractivity contribution in [2.45, 2.75) is 32.0 Å². The molecule has 1 N–H and O–H groups in total. The zero-order chi connectivity index (χ0) is 21.6. The van der Waals surface area contributed by atoms with Crippen molar-refractivity contribution in [1.82, 2.24) is 10.3 Å². The van der Waals surface area contributed by atoms with Crippen LogP contribution in [0.2, 0.25) is 0 Å². The summed E-state index contributed by atoms with van der Waals surface area (Å²) in [5.41, 5.74) is 0.0484. The van der Waals surface area contributed by atoms with Crippen LogP contribution >= 0.6 is 0 Å². The zero-order valence-electron chi connectivity index (χ0n) is 16.3. The smallest absolute Gasteiger partial charge is 0.419 e. The molecule has 1 unspecified atom stereocenters. The highest BCUT2D eigenvalue weighted by Crippen LogP contribution is 2.35. The van der Waals surface area contributed by atoms with Gasteiger partial charge >= 0.3 is 6.18 Å². The molecule has 0 saturated heterocycles. The summed E-state index contributed by atoms with van der Waals surface area (Å²) < 4.78 is 49.9. The molecule has 5 nitrogen and oxygen atoms in total. The number of alkyl halides is 3. The molecule has 0 saturated carbocycles. The molecule has 0 spiro atoms. The lowest BCUT2D eigenvalue weighted by Crippen LogP contribution is -2.37. The van der Waals surface area contributed by atoms with Crippen molar-refractivity contribution in [3.05, 3.63) is 72.2 Å². The van der Waals surface area contributed by atoms with Crippen LogP contribution in [0.1, 0.15) is 24.8 Å². The summed E-state index contributed by atoms with van der Waals surface area (Å²) in [7, 11) is 0. The maximum atomic E-state index is 13.0. The number of aryl methyl sites for hydroxylation is 1. The topological polar surface area (TPSA) is 64.4 Å². The number of hydrogen-bond donors (Lipinski definition) is 1. The van der Waals surface area contributed by atoms with Crippen LogP contribution in [0.5, 0.6) is 5.75 Å². The Morgan fingerprint density at radius 3 is 2.57 bits per heavy atom. The van der Waals surface area contributed by atoms with Gasteiger partial charge in [-0.3, -0.25) is 4.79 Å². The van der Waals surface area contributed by atoms with Crippen LogP contribution in [0.4, 0.5) is 13.2 Å². The van der Waals surface area contributed by atoms with Crippen LogP contribution in [0, 0.1) is 0 Å². The SMILES string of the molecule is CC(COc1ccccc1C(F)(F)F)NC(=O)CCc1ncc(-c2ccccc2)o1. The molecule has 0 fully saturated rings. The molecule has 3 aromatic rings. The maximum absolute atomic E-state index is 13.0. The molecule has 1 heterocycles. The Morgan fingerprint density at radius 1 is 1.13 bits per heavy atom. The van der Waals surface area contributed by atoms with Crippen molar-refractivity contribution in [3.8, 4) is 17.1 Å². The van der Waals surface area contributed by atoms with Crippen LogP contribution < -0.4 is 10.1 Å². The van der Waals surface area contributed by atoms with E-state index in [4.69, 9.17) is 9.15 Å². The average Bonchev–Trinajstić information content (AvgIpc) is 3.20. The van der Waals surface area contributed by atoms with E-state index in [0.29, 0.717) is 18.1 Å². The Labute approximate surface area is 171 Å². The van der Waals surface area contributed by atoms with E-state index in [0.717, 1.165) is 11.6 Å². The fraction of sp³-hybridized carbons (Fsp3) is 0.273. The monoisotopic (exact) mass is 418 g/mol. The second kappa shape index (κ2) is 9.47. The summed E-state index contributed by atoms with van der Waals surface area (Å²) in [6.07, 6.45) is -2.45. The second-order valence-corrected chi connectivity index (χ2v) is 6.76. The highest BCUT2D eigenvalue weighted by molar-refractivity contribution is 5.76. The van der Waals surface area contributed by atoms with E-state index < -0.39 is 17.8 Å². The summed E-state index contributed by atoms with van der Waals surface area (Å²) in [4.78, 5) is 16.3. The van der Waals surface area contributed by atoms with Gasteiger partial charge < -0.3 is 14.5 Å². The summed E-state index contributed by atoms with van der Waals surface area (Å²) in [5, 5.41) is 2.70. The Bertz CT molecular complexity index is 971. The van der Waals surface area contributed by atoms with Gasteiger partial charge in [0, 0.05) is 18.4 Å². The molecular weight excluding hydrogens is 397 g/mol. The quantitative estimate of drug-likeness (QED) is 0.567. The fourth-order valence-corrected chi connectivity index (χ4v) is 2.81. The van der Waals surface area contributed by atoms with Crippen LogP contribution in [0.15, 0.2) is 65.2 Å². The number of nitrogens with one attached hydrogen (secondary N) is 1. The summed E-state index contributed by atoms with van der Waals surface area (Å²) >= 11 is 0. The number of ether oxygens (including phenoxy) is 1. The number of nitrogens with zero attached hydrogens (tertiary/aromatic N) is 1. The second-order valence-electron chi connectivity index (χ2n) is 6.76. The van der Waals surface area contributed by atoms with E-state index >= 15 is 0 Å². The third-order valence-electron chi connectivity index (χ3n) is 4.27. The molecule has 3 rings (SSSR count). The number of oxazole rings is 1. The first-order chi connectivity index (χ1) is 14.3. The first-order valence-corrected chi connectivity index (χ1v) is 9.41. The molecule has 0 aliphatic heterocycles. The third kappa shape index (κ3) is 5.85. The van der Waals surface area contributed by atoms with E-state index in [1.807, 2.05) is 30.3 Å². The first-order valence-electron chi connectivity index (χ1n) is 9.41. The van der Waals surface area contributed by atoms with Crippen molar-refractivity contribution in [1.29, 1.82) is 0 Å². The molecule has 0 bridgehead atoms. The van der Waals surface area contributed by atoms with Gasteiger partial charge in [-0.05, 0) is 19.1 Å². The minimum atomic E-state index is -4.50. The number of rotatable bonds is 8. The summed E-state index contributed by atoms with van der Waals surface area (Å²) in [5.74, 6) is 0.525. The first kappa shape index (κ1) is 21.4. The summed E-state index contributed by atoms with van der Waals surface area (Å²) in [6, 6.07) is 14.0. The Kier molecular flexibility index (Phi) is 6.76. The predicted molar refractivity (Wildman–Crippen MR) is 105 cm³/mol. The van der Waals surface area contributed by atoms with Gasteiger partial charge in [0.25, 0.3) is 0 Å². The van der Waals surface area contributed by atoms with Gasteiger partial charge in [-0.25, -0.2) is 4.98 Å². The number of amides is 1. The number of carbonyl (C=O) groups is 1. The molecule has 30 heavy (non-hydrogen) atoms. The minimum absolute atomic E-state index is 0.0873. The molecule has 0 aliphatic carbocycles. The molecule has 1 atom stereocenters. The van der Waals surface area contributed by atoms with Gasteiger partial charge in [-0.15, -0.1) is 0 Å². The van der Waals surface area contributed by atoms with Gasteiger partial charge in [0.05, 0.1) is 17.8 Å². The zero-order valence-corrected chi connectivity index (χ0v) is 16.3. The van der Waals surface area contributed by atoms with Gasteiger partial charge in [0.15, 0.2) is 11.7 Å². The van der Waals surface area contributed by atoms with Crippen LogP contribution in [0.25, 0.3) is 11.3 Å². The van der Waals surface area contributed by atoms with Crippen molar-refractivity contribution in [3.63, 3.8) is 0 Å². The molecule has 0 radical (unpaired) electrons. The van der Waals surface area contributed by atoms with Crippen molar-refractivity contribution >= 4 is 5.91 Å². The van der Waals surface area contributed by atoms with Gasteiger partial charge in [0.1, 0.15) is 12.4 Å². The van der Waals surface area contributed by atoms with E-state index in [1.54, 1.807) is 13.1 Å². The lowest BCUT2D eigenvalue weighted by atomic mass is 10.2. The van der Waals surface area contributed by atoms with Crippen LogP contribution in [-0.4, -0.2) is 23.5 Å². The number of halogens is 3. The normalized spacial score (nSPS) is 12.4. The average molecular weight is 418 g/mol. The predicted octanol–water partition coefficient (Wildman–Crippen LogP) is 4.88. The lowest BCUT2D eigenvalue weighted by Gasteiger charge is -2.17. The number of aromatic nitrogens is 1. The maximum Gasteiger partial charge on any atom is 0.419 e. The number of para-hydroxylation sites is 1. The Hall–Kier alpha value is -3.29. The lowest BCUT2D eigenvalue weighted by molar-refractivity contribution is -0.139. The number of carbonyl (C=O) groups excluding carboxylic acids is 1. The van der Waals surface area contributed by atoms with Crippen molar-refractivity contribution in [2.24, 2.45) is 0 Å². The Morgan fingerprint density at radius 2 is 1.83 bits per heavy atom. The molecule has 8 heteroatoms. The number of benzene rings is 2. The minimum Gasteiger partial charge on any atom is -0.491 e. The molecular formula is C22H21F3N2O3. The third-order valence-corrected chi connectivity index (χ3v) is 4.27. The van der Waals surface area contributed by atoms with Crippen molar-refractivity contribution in [2.75, 3.05) is 6.61 Å². The number of hydrogen-bond acceptors (Lipinski definition) is 4. The molecule has 1 aromatic heterocycles. The highest BCUT2D eigenvalue weighted by Gasteiger charge is 2.34. The largest absolute Gasteiger partial charge is 0.491 e. The molecule has 1 amide bonds.